The molecule has 43 heavy (non-hydrogen) atoms. The minimum Gasteiger partial charge on any atom is -0.469 e. The van der Waals surface area contributed by atoms with Gasteiger partial charge in [-0.3, -0.25) is 4.79 Å². The first kappa shape index (κ1) is 40.5. The summed E-state index contributed by atoms with van der Waals surface area (Å²) in [6.07, 6.45) is 13.2. The largest absolute Gasteiger partial charge is 0.469 e. The Morgan fingerprint density at radius 2 is 1.28 bits per heavy atom. The van der Waals surface area contributed by atoms with Gasteiger partial charge >= 0.3 is 5.97 Å². The van der Waals surface area contributed by atoms with Crippen LogP contribution in [0.5, 0.6) is 0 Å². The third-order valence-corrected chi connectivity index (χ3v) is 24.4. The van der Waals surface area contributed by atoms with E-state index in [1.807, 2.05) is 0 Å². The van der Waals surface area contributed by atoms with Crippen LogP contribution < -0.4 is 0 Å². The quantitative estimate of drug-likeness (QED) is 0.106. The monoisotopic (exact) mass is 654 g/mol. The third-order valence-electron chi connectivity index (χ3n) is 10.8. The molecular weight excluding hydrogens is 585 g/mol. The highest BCUT2D eigenvalue weighted by molar-refractivity contribution is 6.75. The molecule has 0 radical (unpaired) electrons. The van der Waals surface area contributed by atoms with E-state index >= 15 is 0 Å². The second kappa shape index (κ2) is 15.4. The molecule has 1 fully saturated rings. The Bertz CT molecular complexity index is 935. The predicted molar refractivity (Wildman–Crippen MR) is 192 cm³/mol. The van der Waals surface area contributed by atoms with Crippen LogP contribution in [0.25, 0.3) is 0 Å². The summed E-state index contributed by atoms with van der Waals surface area (Å²) >= 11 is 0. The summed E-state index contributed by atoms with van der Waals surface area (Å²) in [5.41, 5.74) is 0. The molecule has 0 amide bonds. The number of carbonyl (C=O) groups is 1. The number of esters is 1. The van der Waals surface area contributed by atoms with Crippen LogP contribution in [0.3, 0.4) is 0 Å². The molecule has 8 heteroatoms. The van der Waals surface area contributed by atoms with Crippen LogP contribution in [0.1, 0.15) is 101 Å². The fourth-order valence-electron chi connectivity index (χ4n) is 4.82. The van der Waals surface area contributed by atoms with Gasteiger partial charge < -0.3 is 18.0 Å². The number of methoxy groups -OCH3 is 1. The zero-order valence-corrected chi connectivity index (χ0v) is 34.3. The molecule has 1 aliphatic carbocycles. The highest BCUT2D eigenvalue weighted by Gasteiger charge is 2.50. The van der Waals surface area contributed by atoms with Crippen molar-refractivity contribution in [2.75, 3.05) is 7.11 Å². The Morgan fingerprint density at radius 1 is 0.791 bits per heavy atom. The molecule has 252 valence electrons. The van der Waals surface area contributed by atoms with Crippen molar-refractivity contribution in [2.24, 2.45) is 11.8 Å². The summed E-state index contributed by atoms with van der Waals surface area (Å²) in [7, 11) is -4.66. The van der Waals surface area contributed by atoms with Crippen LogP contribution in [-0.4, -0.2) is 56.3 Å². The predicted octanol–water partition coefficient (Wildman–Crippen LogP) is 10.7. The van der Waals surface area contributed by atoms with Gasteiger partial charge in [0.2, 0.25) is 0 Å². The van der Waals surface area contributed by atoms with E-state index < -0.39 is 25.0 Å². The molecule has 0 aromatic carbocycles. The van der Waals surface area contributed by atoms with E-state index in [2.05, 4.69) is 133 Å². The van der Waals surface area contributed by atoms with Crippen LogP contribution in [0, 0.1) is 11.8 Å². The van der Waals surface area contributed by atoms with Crippen LogP contribution >= 0.6 is 0 Å². The Kier molecular flexibility index (Phi) is 14.5. The molecule has 0 bridgehead atoms. The van der Waals surface area contributed by atoms with Gasteiger partial charge in [0.05, 0.1) is 25.4 Å². The standard InChI is InChI=1S/C35H70O5Si3/c1-18-19-20-21-28-29(24-22-27(23-25-32(36)37-11)38-41(12,13)33(2,3)4)31(40-43(16,17)35(8,9)10)26-30(28)39-42(14,15)34(5,6)7/h19-20,22,24,27-31H,18,21,23,25-26H2,1-17H3/b20-19-,24-22+/t27?,28-,29+,30-,31+/m1/s1. The van der Waals surface area contributed by atoms with Gasteiger partial charge in [-0.2, -0.15) is 0 Å². The van der Waals surface area contributed by atoms with E-state index in [4.69, 9.17) is 18.0 Å². The second-order valence-corrected chi connectivity index (χ2v) is 31.6. The summed E-state index contributed by atoms with van der Waals surface area (Å²) in [6, 6.07) is 0. The zero-order chi connectivity index (χ0) is 33.7. The first-order chi connectivity index (χ1) is 19.3. The minimum atomic E-state index is -2.07. The smallest absolute Gasteiger partial charge is 0.305 e. The minimum absolute atomic E-state index is 0.0707. The van der Waals surface area contributed by atoms with Gasteiger partial charge in [0, 0.05) is 12.3 Å². The van der Waals surface area contributed by atoms with Crippen LogP contribution in [0.4, 0.5) is 0 Å². The summed E-state index contributed by atoms with van der Waals surface area (Å²) in [6.45, 7) is 36.9. The van der Waals surface area contributed by atoms with Gasteiger partial charge in [-0.1, -0.05) is 93.5 Å². The maximum atomic E-state index is 12.2. The average Bonchev–Trinajstić information content (AvgIpc) is 3.12. The van der Waals surface area contributed by atoms with Gasteiger partial charge in [-0.05, 0) is 86.0 Å². The molecule has 1 aliphatic rings. The normalized spacial score (nSPS) is 23.8. The van der Waals surface area contributed by atoms with Gasteiger partial charge in [0.25, 0.3) is 0 Å². The van der Waals surface area contributed by atoms with Crippen molar-refractivity contribution < 1.29 is 22.8 Å². The maximum absolute atomic E-state index is 12.2. The lowest BCUT2D eigenvalue weighted by Crippen LogP contribution is -2.45. The molecule has 0 spiro atoms. The van der Waals surface area contributed by atoms with Crippen molar-refractivity contribution in [3.63, 3.8) is 0 Å². The number of hydrogen-bond acceptors (Lipinski definition) is 5. The third kappa shape index (κ3) is 11.7. The molecule has 0 aliphatic heterocycles. The van der Waals surface area contributed by atoms with Gasteiger partial charge in [0.1, 0.15) is 0 Å². The number of rotatable bonds is 14. The summed E-state index contributed by atoms with van der Waals surface area (Å²) in [4.78, 5) is 12.2. The van der Waals surface area contributed by atoms with Gasteiger partial charge in [-0.25, -0.2) is 0 Å². The van der Waals surface area contributed by atoms with E-state index in [0.717, 1.165) is 19.3 Å². The Balaban J connectivity index is 3.64. The molecule has 0 heterocycles. The van der Waals surface area contributed by atoms with Crippen LogP contribution in [0.15, 0.2) is 24.3 Å². The highest BCUT2D eigenvalue weighted by atomic mass is 28.4. The van der Waals surface area contributed by atoms with Crippen LogP contribution in [-0.2, 0) is 22.8 Å². The molecule has 5 atom stereocenters. The lowest BCUT2D eigenvalue weighted by Gasteiger charge is -2.40. The van der Waals surface area contributed by atoms with E-state index in [1.54, 1.807) is 0 Å². The van der Waals surface area contributed by atoms with Gasteiger partial charge in [0.15, 0.2) is 25.0 Å². The van der Waals surface area contributed by atoms with Crippen LogP contribution in [0.2, 0.25) is 54.4 Å². The molecule has 0 N–H and O–H groups in total. The molecule has 0 saturated heterocycles. The number of carbonyl (C=O) groups excluding carboxylic acids is 1. The van der Waals surface area contributed by atoms with E-state index in [0.29, 0.717) is 18.8 Å². The molecule has 1 unspecified atom stereocenters. The Hall–Kier alpha value is -0.519. The van der Waals surface area contributed by atoms with E-state index in [9.17, 15) is 4.79 Å². The van der Waals surface area contributed by atoms with Gasteiger partial charge in [-0.15, -0.1) is 0 Å². The molecule has 0 aromatic heterocycles. The van der Waals surface area contributed by atoms with Crippen molar-refractivity contribution in [3.8, 4) is 0 Å². The number of hydrogen-bond donors (Lipinski definition) is 0. The summed E-state index contributed by atoms with van der Waals surface area (Å²) in [5, 5.41) is 0.323. The van der Waals surface area contributed by atoms with Crippen molar-refractivity contribution in [3.05, 3.63) is 24.3 Å². The zero-order valence-electron chi connectivity index (χ0n) is 31.3. The number of ether oxygens (including phenoxy) is 1. The van der Waals surface area contributed by atoms with Crippen molar-refractivity contribution in [2.45, 2.75) is 174 Å². The molecule has 1 rings (SSSR count). The van der Waals surface area contributed by atoms with E-state index in [-0.39, 0.29) is 45.3 Å². The molecular formula is C35H70O5Si3. The lowest BCUT2D eigenvalue weighted by atomic mass is 9.89. The highest BCUT2D eigenvalue weighted by Crippen LogP contribution is 2.48. The van der Waals surface area contributed by atoms with E-state index in [1.165, 1.54) is 7.11 Å². The SMILES string of the molecule is CC/C=C\C[C@@H]1[C@H](/C=C/C(CCC(=O)OC)O[Si](C)(C)C(C)(C)C)[C@@H](O[Si](C)(C)C(C)(C)C)C[C@H]1O[Si](C)(C)C(C)(C)C. The fourth-order valence-corrected chi connectivity index (χ4v) is 8.87. The first-order valence-corrected chi connectivity index (χ1v) is 25.5. The Morgan fingerprint density at radius 3 is 1.72 bits per heavy atom. The van der Waals surface area contributed by atoms with Crippen molar-refractivity contribution in [1.82, 2.24) is 0 Å². The Labute approximate surface area is 270 Å². The fraction of sp³-hybridized carbons (Fsp3) is 0.857. The molecule has 1 saturated carbocycles. The first-order valence-electron chi connectivity index (χ1n) is 16.7. The summed E-state index contributed by atoms with van der Waals surface area (Å²) in [5.74, 6) is 0.328. The van der Waals surface area contributed by atoms with Crippen molar-refractivity contribution >= 4 is 30.9 Å². The van der Waals surface area contributed by atoms with Crippen molar-refractivity contribution in [1.29, 1.82) is 0 Å². The number of allylic oxidation sites excluding steroid dienone is 2. The molecule has 0 aromatic rings. The lowest BCUT2D eigenvalue weighted by molar-refractivity contribution is -0.141. The second-order valence-electron chi connectivity index (χ2n) is 17.3. The topological polar surface area (TPSA) is 54.0 Å². The maximum Gasteiger partial charge on any atom is 0.305 e. The molecule has 5 nitrogen and oxygen atoms in total. The average molecular weight is 655 g/mol. The summed E-state index contributed by atoms with van der Waals surface area (Å²) < 4.78 is 26.4.